The van der Waals surface area contributed by atoms with E-state index in [0.29, 0.717) is 23.9 Å². The Labute approximate surface area is 118 Å². The molecule has 1 rings (SSSR count). The Morgan fingerprint density at radius 3 is 2.95 bits per heavy atom. The van der Waals surface area contributed by atoms with Crippen LogP contribution in [0.25, 0.3) is 0 Å². The Bertz CT molecular complexity index is 481. The molecule has 0 fully saturated rings. The van der Waals surface area contributed by atoms with Crippen LogP contribution in [0.3, 0.4) is 0 Å². The van der Waals surface area contributed by atoms with Crippen molar-refractivity contribution in [2.75, 3.05) is 11.9 Å². The minimum Gasteiger partial charge on any atom is -0.481 e. The van der Waals surface area contributed by atoms with Crippen molar-refractivity contribution in [2.45, 2.75) is 19.8 Å². The molecule has 8 heteroatoms. The van der Waals surface area contributed by atoms with Gasteiger partial charge in [0.25, 0.3) is 0 Å². The molecule has 1 atom stereocenters. The van der Waals surface area contributed by atoms with E-state index in [1.165, 1.54) is 12.3 Å². The number of hydrogen-bond donors (Lipinski definition) is 2. The van der Waals surface area contributed by atoms with Crippen LogP contribution in [0.15, 0.2) is 16.7 Å². The Hall–Kier alpha value is -1.70. The molecular weight excluding hydrogens is 318 g/mol. The molecule has 0 radical (unpaired) electrons. The topological polar surface area (TPSA) is 105 Å². The number of nitrogens with zero attached hydrogens (tertiary/aromatic N) is 2. The zero-order valence-corrected chi connectivity index (χ0v) is 11.9. The van der Waals surface area contributed by atoms with Gasteiger partial charge in [-0.2, -0.15) is 0 Å². The summed E-state index contributed by atoms with van der Waals surface area (Å²) in [6, 6.07) is 1.37. The second-order valence-corrected chi connectivity index (χ2v) is 5.00. The van der Waals surface area contributed by atoms with Gasteiger partial charge < -0.3 is 10.4 Å². The van der Waals surface area contributed by atoms with E-state index in [4.69, 9.17) is 5.11 Å². The summed E-state index contributed by atoms with van der Waals surface area (Å²) in [6.45, 7) is 2.07. The number of anilines is 1. The minimum absolute atomic E-state index is 0.111. The molecule has 104 valence electrons. The van der Waals surface area contributed by atoms with Gasteiger partial charge in [-0.05, 0) is 28.8 Å². The summed E-state index contributed by atoms with van der Waals surface area (Å²) in [7, 11) is 0. The average molecular weight is 332 g/mol. The van der Waals surface area contributed by atoms with Crippen LogP contribution in [0, 0.1) is 16.0 Å². The molecule has 1 aromatic rings. The van der Waals surface area contributed by atoms with Crippen molar-refractivity contribution in [2.24, 2.45) is 5.92 Å². The van der Waals surface area contributed by atoms with Crippen molar-refractivity contribution in [3.8, 4) is 0 Å². The second kappa shape index (κ2) is 7.03. The van der Waals surface area contributed by atoms with E-state index < -0.39 is 16.8 Å². The van der Waals surface area contributed by atoms with Crippen LogP contribution >= 0.6 is 15.9 Å². The smallest absolute Gasteiger partial charge is 0.312 e. The molecule has 1 heterocycles. The first-order valence-corrected chi connectivity index (χ1v) is 6.47. The predicted molar refractivity (Wildman–Crippen MR) is 73.1 cm³/mol. The Balaban J connectivity index is 2.54. The molecule has 7 nitrogen and oxygen atoms in total. The predicted octanol–water partition coefficient (Wildman–Crippen LogP) is 2.67. The lowest BCUT2D eigenvalue weighted by atomic mass is 10.1. The van der Waals surface area contributed by atoms with Gasteiger partial charge in [0, 0.05) is 23.3 Å². The maximum Gasteiger partial charge on any atom is 0.312 e. The van der Waals surface area contributed by atoms with E-state index in [9.17, 15) is 14.9 Å². The van der Waals surface area contributed by atoms with Crippen LogP contribution in [-0.2, 0) is 4.79 Å². The average Bonchev–Trinajstić information content (AvgIpc) is 2.35. The van der Waals surface area contributed by atoms with E-state index >= 15 is 0 Å². The maximum atomic E-state index is 10.8. The molecule has 1 aromatic heterocycles. The van der Waals surface area contributed by atoms with E-state index in [-0.39, 0.29) is 11.5 Å². The third-order valence-electron chi connectivity index (χ3n) is 2.56. The molecule has 0 aliphatic carbocycles. The van der Waals surface area contributed by atoms with Crippen molar-refractivity contribution in [1.29, 1.82) is 0 Å². The van der Waals surface area contributed by atoms with Gasteiger partial charge in [-0.3, -0.25) is 14.9 Å². The Morgan fingerprint density at radius 1 is 1.68 bits per heavy atom. The first-order chi connectivity index (χ1) is 8.91. The number of halogens is 1. The fourth-order valence-electron chi connectivity index (χ4n) is 1.44. The van der Waals surface area contributed by atoms with Crippen LogP contribution in [0.2, 0.25) is 0 Å². The van der Waals surface area contributed by atoms with Crippen molar-refractivity contribution in [3.05, 3.63) is 26.9 Å². The molecule has 2 N–H and O–H groups in total. The molecule has 1 unspecified atom stereocenters. The van der Waals surface area contributed by atoms with Crippen molar-refractivity contribution < 1.29 is 14.8 Å². The third kappa shape index (κ3) is 4.82. The largest absolute Gasteiger partial charge is 0.481 e. The summed E-state index contributed by atoms with van der Waals surface area (Å²) in [5.41, 5.74) is -0.111. The van der Waals surface area contributed by atoms with Crippen LogP contribution in [0.4, 0.5) is 11.5 Å². The zero-order chi connectivity index (χ0) is 14.4. The number of carboxylic acids is 1. The van der Waals surface area contributed by atoms with Gasteiger partial charge in [0.15, 0.2) is 0 Å². The fraction of sp³-hybridized carbons (Fsp3) is 0.455. The first kappa shape index (κ1) is 15.4. The van der Waals surface area contributed by atoms with Gasteiger partial charge >= 0.3 is 11.7 Å². The number of nitrogens with one attached hydrogen (secondary N) is 1. The van der Waals surface area contributed by atoms with Gasteiger partial charge in [0.2, 0.25) is 5.82 Å². The van der Waals surface area contributed by atoms with Crippen molar-refractivity contribution in [1.82, 2.24) is 4.98 Å². The van der Waals surface area contributed by atoms with Crippen LogP contribution < -0.4 is 5.32 Å². The highest BCUT2D eigenvalue weighted by atomic mass is 79.9. The van der Waals surface area contributed by atoms with Gasteiger partial charge in [0.05, 0.1) is 10.8 Å². The van der Waals surface area contributed by atoms with Gasteiger partial charge in [0.1, 0.15) is 0 Å². The highest BCUT2D eigenvalue weighted by molar-refractivity contribution is 9.10. The molecule has 0 spiro atoms. The van der Waals surface area contributed by atoms with E-state index in [2.05, 4.69) is 26.2 Å². The molecule has 0 aromatic carbocycles. The lowest BCUT2D eigenvalue weighted by molar-refractivity contribution is -0.384. The lowest BCUT2D eigenvalue weighted by Gasteiger charge is -2.08. The normalized spacial score (nSPS) is 11.9. The SMILES string of the molecule is CC(CCCNc1ncc(Br)cc1[N+](=O)[O-])C(=O)O. The maximum absolute atomic E-state index is 10.8. The van der Waals surface area contributed by atoms with Gasteiger partial charge in [-0.15, -0.1) is 0 Å². The fourth-order valence-corrected chi connectivity index (χ4v) is 1.76. The van der Waals surface area contributed by atoms with Gasteiger partial charge in [-0.1, -0.05) is 6.92 Å². The number of carbonyl (C=O) groups is 1. The molecule has 19 heavy (non-hydrogen) atoms. The van der Waals surface area contributed by atoms with Crippen molar-refractivity contribution >= 4 is 33.4 Å². The summed E-state index contributed by atoms with van der Waals surface area (Å²) < 4.78 is 0.532. The number of aromatic nitrogens is 1. The standard InChI is InChI=1S/C11H14BrN3O4/c1-7(11(16)17)3-2-4-13-10-9(15(18)19)5-8(12)6-14-10/h5-7H,2-4H2,1H3,(H,13,14)(H,16,17). The Kier molecular flexibility index (Phi) is 5.68. The zero-order valence-electron chi connectivity index (χ0n) is 10.3. The molecule has 0 aliphatic heterocycles. The van der Waals surface area contributed by atoms with Crippen LogP contribution in [0.5, 0.6) is 0 Å². The van der Waals surface area contributed by atoms with E-state index in [0.717, 1.165) is 0 Å². The molecule has 0 aliphatic rings. The van der Waals surface area contributed by atoms with Crippen molar-refractivity contribution in [3.63, 3.8) is 0 Å². The van der Waals surface area contributed by atoms with Crippen LogP contribution in [-0.4, -0.2) is 27.5 Å². The third-order valence-corrected chi connectivity index (χ3v) is 2.99. The molecule has 0 saturated carbocycles. The first-order valence-electron chi connectivity index (χ1n) is 5.68. The van der Waals surface area contributed by atoms with Crippen LogP contribution in [0.1, 0.15) is 19.8 Å². The molecular formula is C11H14BrN3O4. The highest BCUT2D eigenvalue weighted by Gasteiger charge is 2.16. The summed E-state index contributed by atoms with van der Waals surface area (Å²) in [5, 5.41) is 22.4. The Morgan fingerprint density at radius 2 is 2.37 bits per heavy atom. The lowest BCUT2D eigenvalue weighted by Crippen LogP contribution is -2.12. The molecule has 0 amide bonds. The summed E-state index contributed by atoms with van der Waals surface area (Å²) in [4.78, 5) is 24.9. The number of nitro groups is 1. The number of pyridine rings is 1. The number of rotatable bonds is 7. The quantitative estimate of drug-likeness (QED) is 0.452. The summed E-state index contributed by atoms with van der Waals surface area (Å²) in [6.07, 6.45) is 2.57. The molecule has 0 saturated heterocycles. The minimum atomic E-state index is -0.840. The monoisotopic (exact) mass is 331 g/mol. The molecule has 0 bridgehead atoms. The second-order valence-electron chi connectivity index (χ2n) is 4.09. The number of hydrogen-bond acceptors (Lipinski definition) is 5. The summed E-state index contributed by atoms with van der Waals surface area (Å²) >= 11 is 3.12. The van der Waals surface area contributed by atoms with E-state index in [1.54, 1.807) is 6.92 Å². The number of aliphatic carboxylic acids is 1. The van der Waals surface area contributed by atoms with Gasteiger partial charge in [-0.25, -0.2) is 4.98 Å². The van der Waals surface area contributed by atoms with E-state index in [1.807, 2.05) is 0 Å². The highest BCUT2D eigenvalue weighted by Crippen LogP contribution is 2.25. The number of carboxylic acid groups (broad SMARTS) is 1. The summed E-state index contributed by atoms with van der Waals surface area (Å²) in [5.74, 6) is -1.07.